The van der Waals surface area contributed by atoms with E-state index in [-0.39, 0.29) is 25.7 Å². The Labute approximate surface area is 387 Å². The van der Waals surface area contributed by atoms with Gasteiger partial charge in [-0.25, -0.2) is 4.52 Å². The number of benzene rings is 6. The molecule has 8 aromatic rings. The smallest absolute Gasteiger partial charge is 0.356 e. The third-order valence-electron chi connectivity index (χ3n) is 11.7. The van der Waals surface area contributed by atoms with Crippen molar-refractivity contribution < 1.29 is 27.8 Å². The van der Waals surface area contributed by atoms with Gasteiger partial charge >= 0.3 is 7.60 Å². The van der Waals surface area contributed by atoms with E-state index in [9.17, 15) is 4.57 Å². The van der Waals surface area contributed by atoms with Crippen LogP contribution >= 0.6 is 7.60 Å². The number of anilines is 2. The molecule has 8 rings (SSSR count). The topological polar surface area (TPSA) is 117 Å². The molecule has 66 heavy (non-hydrogen) atoms. The van der Waals surface area contributed by atoms with Crippen LogP contribution in [0.3, 0.4) is 0 Å². The summed E-state index contributed by atoms with van der Waals surface area (Å²) >= 11 is 0. The molecular formula is C54H56N5O6P. The number of methoxy groups -OCH3 is 2. The maximum Gasteiger partial charge on any atom is 0.356 e. The van der Waals surface area contributed by atoms with Crippen molar-refractivity contribution in [3.05, 3.63) is 221 Å². The molecule has 2 aromatic heterocycles. The van der Waals surface area contributed by atoms with Gasteiger partial charge in [-0.2, -0.15) is 4.98 Å². The van der Waals surface area contributed by atoms with Gasteiger partial charge in [-0.3, -0.25) is 4.57 Å². The lowest BCUT2D eigenvalue weighted by molar-refractivity contribution is 0.0770. The summed E-state index contributed by atoms with van der Waals surface area (Å²) in [5, 5.41) is 13.3. The molecule has 2 N–H and O–H groups in total. The van der Waals surface area contributed by atoms with Crippen LogP contribution in [-0.2, 0) is 35.8 Å². The molecule has 0 radical (unpaired) electrons. The minimum absolute atomic E-state index is 0.176. The normalized spacial score (nSPS) is 12.4. The molecule has 0 saturated heterocycles. The van der Waals surface area contributed by atoms with Crippen molar-refractivity contribution in [3.63, 3.8) is 0 Å². The van der Waals surface area contributed by atoms with Crippen LogP contribution in [0.1, 0.15) is 59.8 Å². The molecule has 6 aromatic carbocycles. The van der Waals surface area contributed by atoms with Gasteiger partial charge in [0.2, 0.25) is 5.95 Å². The minimum atomic E-state index is -3.45. The second kappa shape index (κ2) is 20.6. The van der Waals surface area contributed by atoms with Crippen molar-refractivity contribution in [3.8, 4) is 11.5 Å². The number of ether oxygens (including phenoxy) is 3. The summed E-state index contributed by atoms with van der Waals surface area (Å²) in [5.41, 5.74) is 5.48. The van der Waals surface area contributed by atoms with E-state index in [1.807, 2.05) is 96.4 Å². The van der Waals surface area contributed by atoms with Crippen LogP contribution in [0.15, 0.2) is 182 Å². The van der Waals surface area contributed by atoms with Crippen LogP contribution in [-0.4, -0.2) is 54.5 Å². The van der Waals surface area contributed by atoms with Crippen LogP contribution in [0.2, 0.25) is 0 Å². The van der Waals surface area contributed by atoms with Crippen LogP contribution < -0.4 is 20.1 Å². The van der Waals surface area contributed by atoms with E-state index in [0.717, 1.165) is 56.1 Å². The summed E-state index contributed by atoms with van der Waals surface area (Å²) < 4.78 is 44.0. The van der Waals surface area contributed by atoms with Gasteiger partial charge in [-0.05, 0) is 90.6 Å². The van der Waals surface area contributed by atoms with Gasteiger partial charge in [-0.1, -0.05) is 146 Å². The fourth-order valence-electron chi connectivity index (χ4n) is 8.64. The van der Waals surface area contributed by atoms with Gasteiger partial charge < -0.3 is 33.9 Å². The first-order valence-corrected chi connectivity index (χ1v) is 23.9. The van der Waals surface area contributed by atoms with Gasteiger partial charge in [0.05, 0.1) is 33.5 Å². The monoisotopic (exact) mass is 901 g/mol. The zero-order chi connectivity index (χ0) is 46.0. The molecule has 12 heteroatoms. The first-order chi connectivity index (χ1) is 32.2. The fraction of sp³-hybridized carbons (Fsp3) is 0.222. The Kier molecular flexibility index (Phi) is 14.3. The van der Waals surface area contributed by atoms with Crippen molar-refractivity contribution in [2.24, 2.45) is 0 Å². The van der Waals surface area contributed by atoms with Crippen LogP contribution in [0.25, 0.3) is 5.52 Å². The Morgan fingerprint density at radius 1 is 0.561 bits per heavy atom. The summed E-state index contributed by atoms with van der Waals surface area (Å²) in [6.07, 6.45) is -0.145. The molecule has 0 aliphatic carbocycles. The number of rotatable bonds is 21. The fourth-order valence-corrected chi connectivity index (χ4v) is 10.1. The molecule has 1 atom stereocenters. The highest BCUT2D eigenvalue weighted by Crippen LogP contribution is 2.48. The van der Waals surface area contributed by atoms with E-state index >= 15 is 0 Å². The molecule has 11 nitrogen and oxygen atoms in total. The highest BCUT2D eigenvalue weighted by molar-refractivity contribution is 7.53. The maximum absolute atomic E-state index is 13.4. The van der Waals surface area contributed by atoms with Crippen molar-refractivity contribution in [1.82, 2.24) is 14.6 Å². The molecule has 0 spiro atoms. The molecule has 0 fully saturated rings. The lowest BCUT2D eigenvalue weighted by Gasteiger charge is -2.38. The highest BCUT2D eigenvalue weighted by Gasteiger charge is 2.40. The number of hydrogen-bond donors (Lipinski definition) is 2. The molecule has 1 unspecified atom stereocenters. The van der Waals surface area contributed by atoms with E-state index < -0.39 is 18.7 Å². The second-order valence-electron chi connectivity index (χ2n) is 15.8. The number of aromatic nitrogens is 3. The predicted octanol–water partition coefficient (Wildman–Crippen LogP) is 11.7. The van der Waals surface area contributed by atoms with Gasteiger partial charge in [0.25, 0.3) is 0 Å². The first kappa shape index (κ1) is 45.8. The van der Waals surface area contributed by atoms with Crippen molar-refractivity contribution in [2.75, 3.05) is 44.4 Å². The largest absolute Gasteiger partial charge is 0.497 e. The lowest BCUT2D eigenvalue weighted by atomic mass is 9.77. The van der Waals surface area contributed by atoms with E-state index in [1.165, 1.54) is 0 Å². The van der Waals surface area contributed by atoms with E-state index in [1.54, 1.807) is 28.1 Å². The number of hydrogen-bond acceptors (Lipinski definition) is 10. The average Bonchev–Trinajstić information content (AvgIpc) is 3.77. The highest BCUT2D eigenvalue weighted by atomic mass is 31.2. The van der Waals surface area contributed by atoms with E-state index in [0.29, 0.717) is 18.2 Å². The Balaban J connectivity index is 1.36. The number of nitrogens with zero attached hydrogens (tertiary/aromatic N) is 3. The molecule has 0 saturated carbocycles. The third kappa shape index (κ3) is 9.48. The Bertz CT molecular complexity index is 2740. The lowest BCUT2D eigenvalue weighted by Crippen LogP contribution is -2.40. The average molecular weight is 902 g/mol. The molecular weight excluding hydrogens is 846 g/mol. The van der Waals surface area contributed by atoms with Crippen molar-refractivity contribution in [2.45, 2.75) is 44.4 Å². The van der Waals surface area contributed by atoms with Gasteiger partial charge in [0, 0.05) is 12.1 Å². The van der Waals surface area contributed by atoms with Crippen LogP contribution in [0, 0.1) is 0 Å². The summed E-state index contributed by atoms with van der Waals surface area (Å²) in [6.45, 7) is 6.01. The van der Waals surface area contributed by atoms with Crippen molar-refractivity contribution in [1.29, 1.82) is 0 Å². The molecule has 0 aliphatic heterocycles. The van der Waals surface area contributed by atoms with Crippen LogP contribution in [0.5, 0.6) is 11.5 Å². The summed E-state index contributed by atoms with van der Waals surface area (Å²) in [5.74, 6) is 2.40. The van der Waals surface area contributed by atoms with Gasteiger partial charge in [0.1, 0.15) is 34.4 Å². The van der Waals surface area contributed by atoms with Gasteiger partial charge in [-0.15, -0.1) is 5.10 Å². The van der Waals surface area contributed by atoms with Crippen LogP contribution in [0.4, 0.5) is 11.8 Å². The molecule has 2 heterocycles. The summed E-state index contributed by atoms with van der Waals surface area (Å²) in [6, 6.07) is 61.7. The number of nitrogens with one attached hydrogen (secondary N) is 2. The zero-order valence-electron chi connectivity index (χ0n) is 38.0. The Morgan fingerprint density at radius 3 is 1.38 bits per heavy atom. The SMILES string of the molecule is CCOP(=O)(COC(C)Cc1ccc2c(NC(c3ccccc3)(c3ccccc3)c3ccc(OC)cc3)nc(NC(c3ccccc3)(c3ccccc3)c3ccc(OC)cc3)nn12)OCC. The van der Waals surface area contributed by atoms with E-state index in [2.05, 4.69) is 108 Å². The predicted molar refractivity (Wildman–Crippen MR) is 262 cm³/mol. The molecule has 0 aliphatic rings. The van der Waals surface area contributed by atoms with E-state index in [4.69, 9.17) is 33.3 Å². The summed E-state index contributed by atoms with van der Waals surface area (Å²) in [7, 11) is -0.113. The molecule has 0 amide bonds. The Hall–Kier alpha value is -6.75. The van der Waals surface area contributed by atoms with Gasteiger partial charge in [0.15, 0.2) is 5.82 Å². The second-order valence-corrected chi connectivity index (χ2v) is 17.8. The first-order valence-electron chi connectivity index (χ1n) is 22.2. The van der Waals surface area contributed by atoms with Crippen molar-refractivity contribution >= 4 is 24.9 Å². The third-order valence-corrected chi connectivity index (χ3v) is 13.5. The standard InChI is InChI=1S/C54H56N5O6P/c1-6-64-66(60,65-7-2)39-63-40(3)38-47-32-37-50-51(56-53(41-20-12-8-13-21-41,42-22-14-9-15-23-42)45-28-33-48(61-4)34-29-45)55-52(58-59(47)50)57-54(43-24-16-10-17-25-43,44-26-18-11-19-27-44)46-30-35-49(62-5)36-31-46/h8-37,40H,6-7,38-39H2,1-5H3,(H2,55,56,57,58). The molecule has 0 bridgehead atoms. The maximum atomic E-state index is 13.4. The Morgan fingerprint density at radius 2 is 0.970 bits per heavy atom. The summed E-state index contributed by atoms with van der Waals surface area (Å²) in [4.78, 5) is 5.49. The molecule has 338 valence electrons. The zero-order valence-corrected chi connectivity index (χ0v) is 38.9. The quantitative estimate of drug-likeness (QED) is 0.0533. The number of fused-ring (bicyclic) bond motifs is 1. The minimum Gasteiger partial charge on any atom is -0.497 e.